The van der Waals surface area contributed by atoms with E-state index in [2.05, 4.69) is 5.16 Å². The lowest BCUT2D eigenvalue weighted by atomic mass is 9.94. The van der Waals surface area contributed by atoms with Crippen LogP contribution in [-0.4, -0.2) is 23.6 Å². The van der Waals surface area contributed by atoms with Crippen LogP contribution >= 0.6 is 11.6 Å². The Morgan fingerprint density at radius 3 is 2.56 bits per heavy atom. The minimum atomic E-state index is -0.931. The van der Waals surface area contributed by atoms with E-state index in [-0.39, 0.29) is 5.91 Å². The van der Waals surface area contributed by atoms with Gasteiger partial charge in [-0.05, 0) is 31.5 Å². The molecule has 2 atom stereocenters. The topological polar surface area (TPSA) is 59.0 Å². The Bertz CT molecular complexity index is 938. The van der Waals surface area contributed by atoms with Gasteiger partial charge in [-0.25, -0.2) is 4.90 Å². The van der Waals surface area contributed by atoms with Crippen LogP contribution in [0.2, 0.25) is 5.02 Å². The Balaban J connectivity index is 1.75. The first kappa shape index (κ1) is 15.8. The van der Waals surface area contributed by atoms with Gasteiger partial charge in [-0.1, -0.05) is 52.7 Å². The van der Waals surface area contributed by atoms with Crippen molar-refractivity contribution in [2.24, 2.45) is 11.1 Å². The molecular weight excluding hydrogens is 340 g/mol. The summed E-state index contributed by atoms with van der Waals surface area (Å²) in [7, 11) is 0. The molecule has 2 aliphatic rings. The van der Waals surface area contributed by atoms with E-state index in [0.717, 1.165) is 11.1 Å². The number of halogens is 1. The third kappa shape index (κ3) is 2.35. The van der Waals surface area contributed by atoms with Crippen LogP contribution in [0.4, 0.5) is 5.69 Å². The van der Waals surface area contributed by atoms with Crippen molar-refractivity contribution in [2.75, 3.05) is 4.90 Å². The standard InChI is InChI=1S/C19H15ClN2O3/c1-10-7-8-14(11(2)9-10)22-18(23)15-16(21-25-17(15)19(22)24)12-5-3-4-6-13(12)20/h3-9,15,17H,1-2H3/t15-,17+/m0/s1. The molecule has 2 aliphatic heterocycles. The quantitative estimate of drug-likeness (QED) is 0.778. The van der Waals surface area contributed by atoms with Gasteiger partial charge in [-0.2, -0.15) is 0 Å². The SMILES string of the molecule is Cc1ccc(N2C(=O)[C@H]3C(c4ccccc4Cl)=NO[C@H]3C2=O)c(C)c1. The fourth-order valence-corrected chi connectivity index (χ4v) is 3.60. The second kappa shape index (κ2) is 5.70. The molecule has 0 saturated carbocycles. The van der Waals surface area contributed by atoms with E-state index >= 15 is 0 Å². The molecule has 126 valence electrons. The smallest absolute Gasteiger partial charge is 0.278 e. The van der Waals surface area contributed by atoms with Crippen molar-refractivity contribution in [3.63, 3.8) is 0 Å². The first-order valence-corrected chi connectivity index (χ1v) is 8.30. The first-order chi connectivity index (χ1) is 12.0. The van der Waals surface area contributed by atoms with Gasteiger partial charge in [0.25, 0.3) is 5.91 Å². The molecule has 0 spiro atoms. The minimum absolute atomic E-state index is 0.335. The van der Waals surface area contributed by atoms with Crippen molar-refractivity contribution < 1.29 is 14.4 Å². The number of aryl methyl sites for hydroxylation is 2. The van der Waals surface area contributed by atoms with Crippen molar-refractivity contribution in [2.45, 2.75) is 20.0 Å². The minimum Gasteiger partial charge on any atom is -0.381 e. The highest BCUT2D eigenvalue weighted by molar-refractivity contribution is 6.38. The van der Waals surface area contributed by atoms with Crippen LogP contribution in [0.25, 0.3) is 0 Å². The maximum absolute atomic E-state index is 13.0. The summed E-state index contributed by atoms with van der Waals surface area (Å²) in [6, 6.07) is 12.7. The van der Waals surface area contributed by atoms with Crippen LogP contribution < -0.4 is 4.90 Å². The average Bonchev–Trinajstić information content (AvgIpc) is 3.10. The average molecular weight is 355 g/mol. The zero-order chi connectivity index (χ0) is 17.7. The Kier molecular flexibility index (Phi) is 3.62. The van der Waals surface area contributed by atoms with Gasteiger partial charge >= 0.3 is 0 Å². The van der Waals surface area contributed by atoms with E-state index in [9.17, 15) is 9.59 Å². The molecular formula is C19H15ClN2O3. The van der Waals surface area contributed by atoms with Gasteiger partial charge in [-0.3, -0.25) is 9.59 Å². The van der Waals surface area contributed by atoms with Gasteiger partial charge < -0.3 is 4.84 Å². The number of nitrogens with zero attached hydrogens (tertiary/aromatic N) is 2. The molecule has 0 radical (unpaired) electrons. The number of benzene rings is 2. The van der Waals surface area contributed by atoms with E-state index in [1.807, 2.05) is 26.0 Å². The lowest BCUT2D eigenvalue weighted by Crippen LogP contribution is -2.33. The van der Waals surface area contributed by atoms with Crippen LogP contribution in [0.5, 0.6) is 0 Å². The van der Waals surface area contributed by atoms with Gasteiger partial charge in [0.15, 0.2) is 0 Å². The van der Waals surface area contributed by atoms with Crippen molar-refractivity contribution in [1.29, 1.82) is 0 Å². The van der Waals surface area contributed by atoms with Crippen LogP contribution in [0.1, 0.15) is 16.7 Å². The van der Waals surface area contributed by atoms with Gasteiger partial charge in [-0.15, -0.1) is 0 Å². The third-order valence-electron chi connectivity index (χ3n) is 4.56. The summed E-state index contributed by atoms with van der Waals surface area (Å²) in [6.45, 7) is 3.84. The fraction of sp³-hybridized carbons (Fsp3) is 0.211. The van der Waals surface area contributed by atoms with E-state index in [1.165, 1.54) is 4.90 Å². The van der Waals surface area contributed by atoms with Crippen molar-refractivity contribution in [1.82, 2.24) is 0 Å². The van der Waals surface area contributed by atoms with Crippen LogP contribution in [-0.2, 0) is 14.4 Å². The molecule has 4 rings (SSSR count). The maximum Gasteiger partial charge on any atom is 0.278 e. The summed E-state index contributed by atoms with van der Waals surface area (Å²) < 4.78 is 0. The summed E-state index contributed by atoms with van der Waals surface area (Å²) >= 11 is 6.23. The van der Waals surface area contributed by atoms with E-state index in [0.29, 0.717) is 22.0 Å². The zero-order valence-electron chi connectivity index (χ0n) is 13.7. The van der Waals surface area contributed by atoms with Crippen LogP contribution in [0.3, 0.4) is 0 Å². The van der Waals surface area contributed by atoms with E-state index in [1.54, 1.807) is 30.3 Å². The number of carbonyl (C=O) groups excluding carboxylic acids is 2. The number of hydrogen-bond acceptors (Lipinski definition) is 4. The molecule has 2 heterocycles. The normalized spacial score (nSPS) is 22.0. The van der Waals surface area contributed by atoms with Gasteiger partial charge in [0.2, 0.25) is 12.0 Å². The Labute approximate surface area is 149 Å². The molecule has 0 aromatic heterocycles. The number of fused-ring (bicyclic) bond motifs is 1. The highest BCUT2D eigenvalue weighted by atomic mass is 35.5. The Morgan fingerprint density at radius 2 is 1.84 bits per heavy atom. The zero-order valence-corrected chi connectivity index (χ0v) is 14.4. The van der Waals surface area contributed by atoms with E-state index in [4.69, 9.17) is 16.4 Å². The van der Waals surface area contributed by atoms with E-state index < -0.39 is 17.9 Å². The lowest BCUT2D eigenvalue weighted by Gasteiger charge is -2.18. The molecule has 0 N–H and O–H groups in total. The molecule has 2 aromatic carbocycles. The predicted molar refractivity (Wildman–Crippen MR) is 94.8 cm³/mol. The number of anilines is 1. The number of amides is 2. The second-order valence-corrected chi connectivity index (χ2v) is 6.67. The predicted octanol–water partition coefficient (Wildman–Crippen LogP) is 3.25. The lowest BCUT2D eigenvalue weighted by molar-refractivity contribution is -0.126. The summed E-state index contributed by atoms with van der Waals surface area (Å²) in [6.07, 6.45) is -0.931. The largest absolute Gasteiger partial charge is 0.381 e. The molecule has 1 saturated heterocycles. The summed E-state index contributed by atoms with van der Waals surface area (Å²) in [5.41, 5.74) is 3.52. The molecule has 2 amide bonds. The number of rotatable bonds is 2. The fourth-order valence-electron chi connectivity index (χ4n) is 3.36. The Morgan fingerprint density at radius 1 is 1.08 bits per heavy atom. The monoisotopic (exact) mass is 354 g/mol. The number of oxime groups is 1. The Hall–Kier alpha value is -2.66. The summed E-state index contributed by atoms with van der Waals surface area (Å²) in [5.74, 6) is -1.50. The summed E-state index contributed by atoms with van der Waals surface area (Å²) in [4.78, 5) is 32.3. The second-order valence-electron chi connectivity index (χ2n) is 6.26. The highest BCUT2D eigenvalue weighted by Crippen LogP contribution is 2.37. The number of hydrogen-bond donors (Lipinski definition) is 0. The van der Waals surface area contributed by atoms with Crippen molar-refractivity contribution in [3.8, 4) is 0 Å². The molecule has 2 aromatic rings. The van der Waals surface area contributed by atoms with Crippen molar-refractivity contribution >= 4 is 34.8 Å². The van der Waals surface area contributed by atoms with Gasteiger partial charge in [0.1, 0.15) is 11.6 Å². The molecule has 5 nitrogen and oxygen atoms in total. The molecule has 0 unspecified atom stereocenters. The maximum atomic E-state index is 13.0. The van der Waals surface area contributed by atoms with Crippen LogP contribution in [0, 0.1) is 19.8 Å². The molecule has 6 heteroatoms. The molecule has 0 bridgehead atoms. The van der Waals surface area contributed by atoms with Gasteiger partial charge in [0, 0.05) is 10.6 Å². The first-order valence-electron chi connectivity index (χ1n) is 7.92. The van der Waals surface area contributed by atoms with Crippen molar-refractivity contribution in [3.05, 3.63) is 64.2 Å². The highest BCUT2D eigenvalue weighted by Gasteiger charge is 2.56. The molecule has 1 fully saturated rings. The third-order valence-corrected chi connectivity index (χ3v) is 4.88. The number of carbonyl (C=O) groups is 2. The molecule has 0 aliphatic carbocycles. The summed E-state index contributed by atoms with van der Waals surface area (Å²) in [5, 5.41) is 4.45. The number of imide groups is 1. The van der Waals surface area contributed by atoms with Crippen LogP contribution in [0.15, 0.2) is 47.6 Å². The molecule has 25 heavy (non-hydrogen) atoms. The van der Waals surface area contributed by atoms with Gasteiger partial charge in [0.05, 0.1) is 5.69 Å².